The molecule has 0 radical (unpaired) electrons. The molecule has 10 nitrogen and oxygen atoms in total. The lowest BCUT2D eigenvalue weighted by Gasteiger charge is -2.26. The molecule has 3 amide bonds. The second-order valence-corrected chi connectivity index (χ2v) is 11.5. The molecule has 1 aromatic heterocycles. The lowest BCUT2D eigenvalue weighted by Crippen LogP contribution is -2.45. The Morgan fingerprint density at radius 3 is 2.70 bits per heavy atom. The van der Waals surface area contributed by atoms with Gasteiger partial charge in [-0.05, 0) is 32.8 Å². The van der Waals surface area contributed by atoms with Crippen LogP contribution in [-0.4, -0.2) is 63.6 Å². The number of nitrogens with zero attached hydrogens (tertiary/aromatic N) is 2. The quantitative estimate of drug-likeness (QED) is 0.179. The molecular weight excluding hydrogens is 552 g/mol. The molecule has 2 heterocycles. The Bertz CT molecular complexity index is 1100. The minimum absolute atomic E-state index is 0.00606. The third-order valence-electron chi connectivity index (χ3n) is 6.27. The van der Waals surface area contributed by atoms with Crippen molar-refractivity contribution in [1.82, 2.24) is 20.5 Å². The summed E-state index contributed by atoms with van der Waals surface area (Å²) in [6.45, 7) is 5.38. The van der Waals surface area contributed by atoms with Gasteiger partial charge in [-0.3, -0.25) is 19.2 Å². The minimum atomic E-state index is -0.984. The van der Waals surface area contributed by atoms with E-state index in [4.69, 9.17) is 4.74 Å². The van der Waals surface area contributed by atoms with Gasteiger partial charge in [-0.15, -0.1) is 11.3 Å². The summed E-state index contributed by atoms with van der Waals surface area (Å²) in [6, 6.07) is -0.984. The van der Waals surface area contributed by atoms with E-state index in [0.29, 0.717) is 23.6 Å². The topological polar surface area (TPSA) is 135 Å². The first-order chi connectivity index (χ1) is 19.2. The first-order valence-electron chi connectivity index (χ1n) is 13.6. The average Bonchev–Trinajstić information content (AvgIpc) is 3.42. The van der Waals surface area contributed by atoms with Crippen LogP contribution in [0, 0.1) is 0 Å². The van der Waals surface area contributed by atoms with Gasteiger partial charge in [0.25, 0.3) is 11.8 Å². The molecule has 2 N–H and O–H groups in total. The number of unbranched alkanes of at least 4 members (excludes halogenated alkanes) is 4. The lowest BCUT2D eigenvalue weighted by molar-refractivity contribution is -0.156. The van der Waals surface area contributed by atoms with Crippen LogP contribution in [0.25, 0.3) is 0 Å². The van der Waals surface area contributed by atoms with E-state index in [9.17, 15) is 24.0 Å². The largest absolute Gasteiger partial charge is 0.456 e. The van der Waals surface area contributed by atoms with Crippen LogP contribution in [0.15, 0.2) is 29.3 Å². The van der Waals surface area contributed by atoms with Gasteiger partial charge in [-0.25, -0.2) is 9.78 Å². The van der Waals surface area contributed by atoms with E-state index in [1.54, 1.807) is 24.5 Å². The average molecular weight is 593 g/mol. The highest BCUT2D eigenvalue weighted by Gasteiger charge is 2.29. The monoisotopic (exact) mass is 592 g/mol. The molecule has 0 saturated carbocycles. The minimum Gasteiger partial charge on any atom is -0.456 e. The summed E-state index contributed by atoms with van der Waals surface area (Å²) >= 11 is 2.49. The van der Waals surface area contributed by atoms with Crippen molar-refractivity contribution >= 4 is 51.9 Å². The number of thiazole rings is 1. The van der Waals surface area contributed by atoms with Crippen molar-refractivity contribution in [3.8, 4) is 0 Å². The zero-order valence-electron chi connectivity index (χ0n) is 23.7. The number of rotatable bonds is 10. The van der Waals surface area contributed by atoms with Gasteiger partial charge < -0.3 is 20.3 Å². The van der Waals surface area contributed by atoms with Gasteiger partial charge in [0.1, 0.15) is 28.5 Å². The number of allylic oxidation sites excluding steroid dienone is 2. The summed E-state index contributed by atoms with van der Waals surface area (Å²) in [5, 5.41) is 7.52. The molecule has 2 bridgehead atoms. The number of amides is 3. The van der Waals surface area contributed by atoms with Crippen molar-refractivity contribution in [2.24, 2.45) is 0 Å². The van der Waals surface area contributed by atoms with Crippen molar-refractivity contribution < 1.29 is 28.7 Å². The maximum Gasteiger partial charge on any atom is 0.329 e. The van der Waals surface area contributed by atoms with Gasteiger partial charge >= 0.3 is 5.97 Å². The number of esters is 1. The Kier molecular flexibility index (Phi) is 14.7. The maximum atomic E-state index is 13.0. The predicted molar refractivity (Wildman–Crippen MR) is 157 cm³/mol. The Morgan fingerprint density at radius 2 is 1.98 bits per heavy atom. The smallest absolute Gasteiger partial charge is 0.329 e. The molecule has 2 atom stereocenters. The highest BCUT2D eigenvalue weighted by atomic mass is 32.2. The van der Waals surface area contributed by atoms with Crippen LogP contribution in [-0.2, 0) is 30.5 Å². The summed E-state index contributed by atoms with van der Waals surface area (Å²) in [4.78, 5) is 68.6. The van der Waals surface area contributed by atoms with Gasteiger partial charge in [0, 0.05) is 24.6 Å². The van der Waals surface area contributed by atoms with Gasteiger partial charge in [0.2, 0.25) is 5.91 Å². The molecule has 0 fully saturated rings. The summed E-state index contributed by atoms with van der Waals surface area (Å²) in [5.41, 5.74) is 0.129. The second kappa shape index (κ2) is 17.6. The molecule has 220 valence electrons. The van der Waals surface area contributed by atoms with Crippen molar-refractivity contribution in [2.75, 3.05) is 12.8 Å². The van der Waals surface area contributed by atoms with Gasteiger partial charge in [0.05, 0.1) is 13.0 Å². The number of carbonyl (C=O) groups is 5. The summed E-state index contributed by atoms with van der Waals surface area (Å²) in [7, 11) is 1.43. The highest BCUT2D eigenvalue weighted by Crippen LogP contribution is 2.15. The Balaban J connectivity index is 2.06. The maximum absolute atomic E-state index is 13.0. The molecule has 1 aromatic rings. The standard InChI is InChI=1S/C28H40N4O6S2/c1-5-7-8-9-10-14-25(34)39-15-12-11-13-20-16-23(33)29-17-24-30-22(18-40-24)26(35)31-21(6-2)27(36)32(4)19(3)28(37)38-20/h6,11,13,18-20H,5,7-10,12,14-17H2,1-4H3,(H,29,33)(H,31,35)/t19-,20+/m0/s1. The fourth-order valence-electron chi connectivity index (χ4n) is 3.72. The Morgan fingerprint density at radius 1 is 1.23 bits per heavy atom. The number of nitrogens with one attached hydrogen (secondary N) is 2. The molecule has 0 aliphatic carbocycles. The third kappa shape index (κ3) is 11.2. The number of hydrogen-bond donors (Lipinski definition) is 2. The van der Waals surface area contributed by atoms with Crippen LogP contribution in [0.1, 0.15) is 87.6 Å². The number of cyclic esters (lactones) is 1. The van der Waals surface area contributed by atoms with E-state index in [0.717, 1.165) is 19.3 Å². The number of ether oxygens (including phenoxy) is 1. The van der Waals surface area contributed by atoms with Crippen LogP contribution >= 0.6 is 23.1 Å². The van der Waals surface area contributed by atoms with Gasteiger partial charge in [-0.1, -0.05) is 56.5 Å². The molecule has 0 unspecified atom stereocenters. The number of carbonyl (C=O) groups excluding carboxylic acids is 5. The zero-order valence-corrected chi connectivity index (χ0v) is 25.3. The van der Waals surface area contributed by atoms with Crippen LogP contribution < -0.4 is 10.6 Å². The van der Waals surface area contributed by atoms with Crippen LogP contribution in [0.5, 0.6) is 0 Å². The second-order valence-electron chi connectivity index (χ2n) is 9.43. The summed E-state index contributed by atoms with van der Waals surface area (Å²) in [5.74, 6) is -1.60. The van der Waals surface area contributed by atoms with Crippen molar-refractivity contribution in [1.29, 1.82) is 0 Å². The Labute approximate surface area is 244 Å². The van der Waals surface area contributed by atoms with E-state index >= 15 is 0 Å². The molecule has 0 saturated heterocycles. The number of hydrogen-bond acceptors (Lipinski definition) is 9. The van der Waals surface area contributed by atoms with Crippen LogP contribution in [0.4, 0.5) is 0 Å². The number of thioether (sulfide) groups is 1. The van der Waals surface area contributed by atoms with E-state index in [2.05, 4.69) is 22.5 Å². The van der Waals surface area contributed by atoms with Crippen LogP contribution in [0.3, 0.4) is 0 Å². The lowest BCUT2D eigenvalue weighted by atomic mass is 10.1. The first kappa shape index (κ1) is 33.2. The fourth-order valence-corrected chi connectivity index (χ4v) is 5.20. The van der Waals surface area contributed by atoms with E-state index < -0.39 is 29.9 Å². The van der Waals surface area contributed by atoms with Crippen LogP contribution in [0.2, 0.25) is 0 Å². The van der Waals surface area contributed by atoms with E-state index in [1.165, 1.54) is 60.9 Å². The molecule has 12 heteroatoms. The summed E-state index contributed by atoms with van der Waals surface area (Å²) < 4.78 is 5.61. The number of aromatic nitrogens is 1. The molecule has 0 aromatic carbocycles. The van der Waals surface area contributed by atoms with Crippen molar-refractivity contribution in [2.45, 2.75) is 90.8 Å². The third-order valence-corrected chi connectivity index (χ3v) is 8.08. The SMILES string of the molecule is CC=C1NC(=O)c2csc(n2)CNC(=O)C[C@@H](C=CCCSC(=O)CCCCCCC)OC(=O)[C@H](C)N(C)C1=O. The van der Waals surface area contributed by atoms with Gasteiger partial charge in [-0.2, -0.15) is 0 Å². The van der Waals surface area contributed by atoms with Crippen molar-refractivity contribution in [3.05, 3.63) is 40.0 Å². The van der Waals surface area contributed by atoms with Crippen molar-refractivity contribution in [3.63, 3.8) is 0 Å². The molecule has 1 aliphatic rings. The molecule has 40 heavy (non-hydrogen) atoms. The number of likely N-dealkylation sites (N-methyl/N-ethyl adjacent to an activating group) is 1. The normalized spacial score (nSPS) is 20.5. The Hall–Kier alpha value is -2.99. The predicted octanol–water partition coefficient (Wildman–Crippen LogP) is 4.12. The molecule has 1 aliphatic heterocycles. The fraction of sp³-hybridized carbons (Fsp3) is 0.571. The number of fused-ring (bicyclic) bond motifs is 2. The molecule has 0 spiro atoms. The van der Waals surface area contributed by atoms with E-state index in [1.807, 2.05) is 0 Å². The first-order valence-corrected chi connectivity index (χ1v) is 15.5. The summed E-state index contributed by atoms with van der Waals surface area (Å²) in [6.07, 6.45) is 10.5. The van der Waals surface area contributed by atoms with Gasteiger partial charge in [0.15, 0.2) is 5.12 Å². The molecule has 2 rings (SSSR count). The molecular formula is C28H40N4O6S2. The van der Waals surface area contributed by atoms with E-state index in [-0.39, 0.29) is 35.4 Å². The zero-order chi connectivity index (χ0) is 29.5. The highest BCUT2D eigenvalue weighted by molar-refractivity contribution is 8.13.